The highest BCUT2D eigenvalue weighted by atomic mass is 16.4. The highest BCUT2D eigenvalue weighted by Gasteiger charge is 2.33. The van der Waals surface area contributed by atoms with Gasteiger partial charge in [0.1, 0.15) is 0 Å². The van der Waals surface area contributed by atoms with Crippen molar-refractivity contribution >= 4 is 12.0 Å². The van der Waals surface area contributed by atoms with E-state index in [0.29, 0.717) is 19.5 Å². The van der Waals surface area contributed by atoms with Crippen LogP contribution < -0.4 is 0 Å². The van der Waals surface area contributed by atoms with Crippen molar-refractivity contribution in [1.29, 1.82) is 0 Å². The fourth-order valence-corrected chi connectivity index (χ4v) is 2.35. The molecule has 17 heavy (non-hydrogen) atoms. The summed E-state index contributed by atoms with van der Waals surface area (Å²) < 4.78 is 0. The second kappa shape index (κ2) is 5.89. The van der Waals surface area contributed by atoms with Crippen molar-refractivity contribution in [3.05, 3.63) is 0 Å². The lowest BCUT2D eigenvalue weighted by Crippen LogP contribution is -2.45. The largest absolute Gasteiger partial charge is 0.481 e. The minimum absolute atomic E-state index is 0.0394. The molecule has 1 atom stereocenters. The molecular weight excluding hydrogens is 220 g/mol. The lowest BCUT2D eigenvalue weighted by Gasteiger charge is -2.30. The minimum atomic E-state index is -0.800. The summed E-state index contributed by atoms with van der Waals surface area (Å²) in [6.07, 6.45) is 2.42. The van der Waals surface area contributed by atoms with E-state index in [1.807, 2.05) is 0 Å². The Morgan fingerprint density at radius 3 is 2.41 bits per heavy atom. The van der Waals surface area contributed by atoms with Gasteiger partial charge in [-0.25, -0.2) is 4.79 Å². The molecule has 0 aromatic heterocycles. The first kappa shape index (κ1) is 13.8. The summed E-state index contributed by atoms with van der Waals surface area (Å²) in [5.74, 6) is -1.19. The maximum Gasteiger partial charge on any atom is 0.320 e. The molecule has 1 fully saturated rings. The minimum Gasteiger partial charge on any atom is -0.481 e. The van der Waals surface area contributed by atoms with Gasteiger partial charge in [0.05, 0.1) is 5.92 Å². The molecule has 1 saturated heterocycles. The number of hydrogen-bond donors (Lipinski definition) is 1. The van der Waals surface area contributed by atoms with Crippen LogP contribution in [0, 0.1) is 5.92 Å². The number of hydrogen-bond acceptors (Lipinski definition) is 2. The number of carbonyl (C=O) groups is 2. The standard InChI is InChI=1S/C12H22N2O3/c1-4-10(5-2)13(3)12(17)14-7-6-9(8-14)11(15)16/h9-10H,4-8H2,1-3H3,(H,15,16). The maximum absolute atomic E-state index is 12.1. The van der Waals surface area contributed by atoms with Gasteiger partial charge in [-0.2, -0.15) is 0 Å². The van der Waals surface area contributed by atoms with E-state index < -0.39 is 11.9 Å². The summed E-state index contributed by atoms with van der Waals surface area (Å²) in [5.41, 5.74) is 0. The highest BCUT2D eigenvalue weighted by molar-refractivity contribution is 5.77. The molecular formula is C12H22N2O3. The molecule has 0 saturated carbocycles. The molecule has 1 N–H and O–H groups in total. The molecule has 0 aromatic carbocycles. The second-order valence-corrected chi connectivity index (χ2v) is 4.63. The average molecular weight is 242 g/mol. The molecule has 0 aromatic rings. The van der Waals surface area contributed by atoms with Crippen LogP contribution in [0.15, 0.2) is 0 Å². The number of likely N-dealkylation sites (tertiary alicyclic amines) is 1. The second-order valence-electron chi connectivity index (χ2n) is 4.63. The maximum atomic E-state index is 12.1. The summed E-state index contributed by atoms with van der Waals surface area (Å²) in [4.78, 5) is 26.4. The third-order valence-corrected chi connectivity index (χ3v) is 3.60. The zero-order chi connectivity index (χ0) is 13.0. The van der Waals surface area contributed by atoms with Crippen LogP contribution in [-0.4, -0.2) is 53.1 Å². The molecule has 1 rings (SSSR count). The van der Waals surface area contributed by atoms with Crippen molar-refractivity contribution < 1.29 is 14.7 Å². The lowest BCUT2D eigenvalue weighted by atomic mass is 10.1. The highest BCUT2D eigenvalue weighted by Crippen LogP contribution is 2.19. The van der Waals surface area contributed by atoms with Crippen LogP contribution >= 0.6 is 0 Å². The van der Waals surface area contributed by atoms with Crippen LogP contribution in [0.3, 0.4) is 0 Å². The predicted molar refractivity (Wildman–Crippen MR) is 64.8 cm³/mol. The molecule has 0 aliphatic carbocycles. The summed E-state index contributed by atoms with van der Waals surface area (Å²) in [6, 6.07) is 0.203. The molecule has 1 aliphatic heterocycles. The monoisotopic (exact) mass is 242 g/mol. The van der Waals surface area contributed by atoms with Gasteiger partial charge in [-0.15, -0.1) is 0 Å². The molecule has 2 amide bonds. The number of carboxylic acids is 1. The Morgan fingerprint density at radius 2 is 2.00 bits per heavy atom. The smallest absolute Gasteiger partial charge is 0.320 e. The van der Waals surface area contributed by atoms with Crippen LogP contribution in [-0.2, 0) is 4.79 Å². The van der Waals surface area contributed by atoms with Gasteiger partial charge in [-0.05, 0) is 19.3 Å². The molecule has 5 nitrogen and oxygen atoms in total. The van der Waals surface area contributed by atoms with E-state index in [0.717, 1.165) is 12.8 Å². The Bertz CT molecular complexity index is 289. The zero-order valence-electron chi connectivity index (χ0n) is 10.8. The summed E-state index contributed by atoms with van der Waals surface area (Å²) in [7, 11) is 1.80. The summed E-state index contributed by atoms with van der Waals surface area (Å²) >= 11 is 0. The molecule has 5 heteroatoms. The van der Waals surface area contributed by atoms with Crippen molar-refractivity contribution in [1.82, 2.24) is 9.80 Å². The first-order valence-corrected chi connectivity index (χ1v) is 6.25. The number of nitrogens with zero attached hydrogens (tertiary/aromatic N) is 2. The molecule has 98 valence electrons. The van der Waals surface area contributed by atoms with E-state index in [2.05, 4.69) is 13.8 Å². The Morgan fingerprint density at radius 1 is 1.41 bits per heavy atom. The van der Waals surface area contributed by atoms with Crippen LogP contribution in [0.4, 0.5) is 4.79 Å². The third-order valence-electron chi connectivity index (χ3n) is 3.60. The number of amides is 2. The summed E-state index contributed by atoms with van der Waals surface area (Å²) in [5, 5.41) is 8.90. The van der Waals surface area contributed by atoms with E-state index >= 15 is 0 Å². The first-order valence-electron chi connectivity index (χ1n) is 6.25. The first-order chi connectivity index (χ1) is 8.01. The van der Waals surface area contributed by atoms with E-state index in [-0.39, 0.29) is 12.1 Å². The Kier molecular flexibility index (Phi) is 4.78. The number of carboxylic acid groups (broad SMARTS) is 1. The number of aliphatic carboxylic acids is 1. The Hall–Kier alpha value is -1.26. The van der Waals surface area contributed by atoms with Crippen molar-refractivity contribution in [2.75, 3.05) is 20.1 Å². The topological polar surface area (TPSA) is 60.9 Å². The molecule has 1 aliphatic rings. The van der Waals surface area contributed by atoms with Crippen molar-refractivity contribution in [2.45, 2.75) is 39.2 Å². The van der Waals surface area contributed by atoms with E-state index in [1.165, 1.54) is 0 Å². The zero-order valence-corrected chi connectivity index (χ0v) is 10.8. The van der Waals surface area contributed by atoms with Gasteiger partial charge in [-0.1, -0.05) is 13.8 Å². The van der Waals surface area contributed by atoms with Gasteiger partial charge in [0, 0.05) is 26.2 Å². The van der Waals surface area contributed by atoms with Gasteiger partial charge in [0.15, 0.2) is 0 Å². The molecule has 1 heterocycles. The molecule has 0 radical (unpaired) electrons. The van der Waals surface area contributed by atoms with Gasteiger partial charge in [0.2, 0.25) is 0 Å². The quantitative estimate of drug-likeness (QED) is 0.815. The van der Waals surface area contributed by atoms with Crippen LogP contribution in [0.2, 0.25) is 0 Å². The predicted octanol–water partition coefficient (Wildman–Crippen LogP) is 1.63. The van der Waals surface area contributed by atoms with Gasteiger partial charge in [0.25, 0.3) is 0 Å². The average Bonchev–Trinajstić information content (AvgIpc) is 2.78. The van der Waals surface area contributed by atoms with E-state index in [1.54, 1.807) is 16.8 Å². The number of urea groups is 1. The molecule has 0 bridgehead atoms. The summed E-state index contributed by atoms with van der Waals surface area (Å²) in [6.45, 7) is 5.02. The van der Waals surface area contributed by atoms with E-state index in [9.17, 15) is 9.59 Å². The Labute approximate surface area is 102 Å². The number of rotatable bonds is 4. The van der Waals surface area contributed by atoms with Gasteiger partial charge in [-0.3, -0.25) is 4.79 Å². The fourth-order valence-electron chi connectivity index (χ4n) is 2.35. The van der Waals surface area contributed by atoms with Crippen molar-refractivity contribution in [3.8, 4) is 0 Å². The van der Waals surface area contributed by atoms with E-state index in [4.69, 9.17) is 5.11 Å². The number of carbonyl (C=O) groups excluding carboxylic acids is 1. The normalized spacial score (nSPS) is 19.8. The van der Waals surface area contributed by atoms with Crippen LogP contribution in [0.5, 0.6) is 0 Å². The van der Waals surface area contributed by atoms with Gasteiger partial charge < -0.3 is 14.9 Å². The van der Waals surface area contributed by atoms with Crippen LogP contribution in [0.25, 0.3) is 0 Å². The van der Waals surface area contributed by atoms with Crippen LogP contribution in [0.1, 0.15) is 33.1 Å². The third kappa shape index (κ3) is 3.11. The molecule has 1 unspecified atom stereocenters. The van der Waals surface area contributed by atoms with Crippen molar-refractivity contribution in [3.63, 3.8) is 0 Å². The van der Waals surface area contributed by atoms with Gasteiger partial charge >= 0.3 is 12.0 Å². The lowest BCUT2D eigenvalue weighted by molar-refractivity contribution is -0.141. The molecule has 0 spiro atoms. The SMILES string of the molecule is CCC(CC)N(C)C(=O)N1CCC(C(=O)O)C1. The fraction of sp³-hybridized carbons (Fsp3) is 0.833. The Balaban J connectivity index is 2.57. The van der Waals surface area contributed by atoms with Crippen molar-refractivity contribution in [2.24, 2.45) is 5.92 Å².